The lowest BCUT2D eigenvalue weighted by Crippen LogP contribution is -2.25. The monoisotopic (exact) mass is 367 g/mol. The molecule has 1 aliphatic heterocycles. The highest BCUT2D eigenvalue weighted by molar-refractivity contribution is 7.99. The second-order valence-electron chi connectivity index (χ2n) is 5.75. The fourth-order valence-electron chi connectivity index (χ4n) is 2.75. The third-order valence-electron chi connectivity index (χ3n) is 3.99. The van der Waals surface area contributed by atoms with Gasteiger partial charge in [0.15, 0.2) is 0 Å². The number of hydrogen-bond donors (Lipinski definition) is 0. The second kappa shape index (κ2) is 7.37. The molecule has 1 amide bonds. The van der Waals surface area contributed by atoms with Gasteiger partial charge in [0.05, 0.1) is 28.2 Å². The molecule has 0 aliphatic carbocycles. The zero-order chi connectivity index (χ0) is 17.1. The molecule has 3 aromatic rings. The minimum atomic E-state index is 0.0667. The number of para-hydroxylation sites is 1. The van der Waals surface area contributed by atoms with Crippen LogP contribution in [0.25, 0.3) is 10.2 Å². The van der Waals surface area contributed by atoms with Crippen LogP contribution in [0.2, 0.25) is 0 Å². The normalized spacial score (nSPS) is 14.1. The molecule has 126 valence electrons. The predicted octanol–water partition coefficient (Wildman–Crippen LogP) is 4.17. The van der Waals surface area contributed by atoms with E-state index in [1.54, 1.807) is 28.1 Å². The van der Waals surface area contributed by atoms with Gasteiger partial charge >= 0.3 is 0 Å². The quantitative estimate of drug-likeness (QED) is 0.680. The predicted molar refractivity (Wildman–Crippen MR) is 105 cm³/mol. The summed E-state index contributed by atoms with van der Waals surface area (Å²) in [4.78, 5) is 17.0. The molecule has 4 rings (SSSR count). The molecule has 4 nitrogen and oxygen atoms in total. The van der Waals surface area contributed by atoms with Crippen LogP contribution in [0.4, 0.5) is 0 Å². The van der Waals surface area contributed by atoms with Crippen LogP contribution in [-0.2, 0) is 10.5 Å². The Morgan fingerprint density at radius 2 is 1.92 bits per heavy atom. The topological polar surface area (TPSA) is 45.6 Å². The molecule has 0 radical (unpaired) electrons. The molecule has 0 saturated carbocycles. The Hall–Kier alpha value is -2.18. The van der Waals surface area contributed by atoms with E-state index in [1.165, 1.54) is 4.70 Å². The highest BCUT2D eigenvalue weighted by atomic mass is 32.2. The Labute approximate surface area is 154 Å². The van der Waals surface area contributed by atoms with Crippen molar-refractivity contribution in [3.8, 4) is 0 Å². The van der Waals surface area contributed by atoms with Gasteiger partial charge in [-0.3, -0.25) is 4.79 Å². The van der Waals surface area contributed by atoms with Gasteiger partial charge in [0, 0.05) is 12.2 Å². The lowest BCUT2D eigenvalue weighted by Gasteiger charge is -2.10. The summed E-state index contributed by atoms with van der Waals surface area (Å²) in [6.45, 7) is 0.671. The van der Waals surface area contributed by atoms with Crippen LogP contribution >= 0.6 is 23.1 Å². The molecule has 1 aromatic heterocycles. The van der Waals surface area contributed by atoms with E-state index in [9.17, 15) is 4.79 Å². The van der Waals surface area contributed by atoms with Gasteiger partial charge in [-0.25, -0.2) is 9.99 Å². The van der Waals surface area contributed by atoms with Gasteiger partial charge in [-0.2, -0.15) is 5.10 Å². The van der Waals surface area contributed by atoms with Crippen LogP contribution in [0.5, 0.6) is 0 Å². The standard InChI is InChI=1S/C19H17N3OS2/c23-19(22-11-10-15(21-22)14-6-2-1-3-7-14)13-24-12-18-20-16-8-4-5-9-17(16)25-18/h1-9H,10-13H2. The van der Waals surface area contributed by atoms with E-state index in [0.29, 0.717) is 12.3 Å². The molecule has 0 N–H and O–H groups in total. The van der Waals surface area contributed by atoms with Gasteiger partial charge in [-0.1, -0.05) is 42.5 Å². The maximum absolute atomic E-state index is 12.4. The number of nitrogens with zero attached hydrogens (tertiary/aromatic N) is 3. The number of carbonyl (C=O) groups excluding carboxylic acids is 1. The maximum atomic E-state index is 12.4. The Morgan fingerprint density at radius 3 is 2.76 bits per heavy atom. The molecule has 1 aliphatic rings. The summed E-state index contributed by atoms with van der Waals surface area (Å²) >= 11 is 3.30. The summed E-state index contributed by atoms with van der Waals surface area (Å²) in [6.07, 6.45) is 0.818. The average Bonchev–Trinajstić information content (AvgIpc) is 3.29. The summed E-state index contributed by atoms with van der Waals surface area (Å²) in [6, 6.07) is 18.2. The van der Waals surface area contributed by atoms with Crippen LogP contribution in [0, 0.1) is 0 Å². The van der Waals surface area contributed by atoms with Crippen LogP contribution < -0.4 is 0 Å². The van der Waals surface area contributed by atoms with Gasteiger partial charge in [0.25, 0.3) is 5.91 Å². The fraction of sp³-hybridized carbons (Fsp3) is 0.211. The van der Waals surface area contributed by atoms with Crippen molar-refractivity contribution >= 4 is 44.9 Å². The van der Waals surface area contributed by atoms with E-state index >= 15 is 0 Å². The van der Waals surface area contributed by atoms with Crippen LogP contribution in [0.1, 0.15) is 17.0 Å². The van der Waals surface area contributed by atoms with Gasteiger partial charge in [0.2, 0.25) is 0 Å². The number of carbonyl (C=O) groups is 1. The molecule has 0 fully saturated rings. The van der Waals surface area contributed by atoms with Crippen LogP contribution in [0.3, 0.4) is 0 Å². The van der Waals surface area contributed by atoms with Crippen LogP contribution in [0.15, 0.2) is 59.7 Å². The van der Waals surface area contributed by atoms with Gasteiger partial charge < -0.3 is 0 Å². The van der Waals surface area contributed by atoms with Gasteiger partial charge in [-0.15, -0.1) is 23.1 Å². The minimum Gasteiger partial charge on any atom is -0.272 e. The molecule has 0 spiro atoms. The summed E-state index contributed by atoms with van der Waals surface area (Å²) in [5.41, 5.74) is 3.12. The number of fused-ring (bicyclic) bond motifs is 1. The van der Waals surface area contributed by atoms with E-state index in [2.05, 4.69) is 16.2 Å². The molecule has 25 heavy (non-hydrogen) atoms. The molecular formula is C19H17N3OS2. The molecule has 0 unspecified atom stereocenters. The zero-order valence-electron chi connectivity index (χ0n) is 13.6. The lowest BCUT2D eigenvalue weighted by molar-refractivity contribution is -0.127. The SMILES string of the molecule is O=C(CSCc1nc2ccccc2s1)N1CCC(c2ccccc2)=N1. The van der Waals surface area contributed by atoms with Crippen molar-refractivity contribution in [3.05, 3.63) is 65.2 Å². The van der Waals surface area contributed by atoms with Crippen molar-refractivity contribution in [2.24, 2.45) is 5.10 Å². The average molecular weight is 367 g/mol. The molecule has 2 aromatic carbocycles. The molecular weight excluding hydrogens is 350 g/mol. The maximum Gasteiger partial charge on any atom is 0.252 e. The Bertz CT molecular complexity index is 888. The Kier molecular flexibility index (Phi) is 4.81. The van der Waals surface area contributed by atoms with Crippen molar-refractivity contribution in [2.75, 3.05) is 12.3 Å². The number of rotatable bonds is 5. The molecule has 0 atom stereocenters. The van der Waals surface area contributed by atoms with Crippen molar-refractivity contribution in [1.82, 2.24) is 9.99 Å². The van der Waals surface area contributed by atoms with Crippen molar-refractivity contribution in [2.45, 2.75) is 12.2 Å². The number of hydrogen-bond acceptors (Lipinski definition) is 5. The smallest absolute Gasteiger partial charge is 0.252 e. The number of benzene rings is 2. The fourth-order valence-corrected chi connectivity index (χ4v) is 4.67. The van der Waals surface area contributed by atoms with E-state index in [0.717, 1.165) is 34.0 Å². The summed E-state index contributed by atoms with van der Waals surface area (Å²) in [7, 11) is 0. The van der Waals surface area contributed by atoms with Crippen molar-refractivity contribution < 1.29 is 4.79 Å². The molecule has 2 heterocycles. The first-order chi connectivity index (χ1) is 12.3. The highest BCUT2D eigenvalue weighted by Crippen LogP contribution is 2.25. The van der Waals surface area contributed by atoms with Gasteiger partial charge in [-0.05, 0) is 17.7 Å². The van der Waals surface area contributed by atoms with E-state index in [1.807, 2.05) is 48.5 Å². The summed E-state index contributed by atoms with van der Waals surface area (Å²) in [5.74, 6) is 1.26. The van der Waals surface area contributed by atoms with Crippen LogP contribution in [-0.4, -0.2) is 33.9 Å². The highest BCUT2D eigenvalue weighted by Gasteiger charge is 2.21. The number of hydrazone groups is 1. The summed E-state index contributed by atoms with van der Waals surface area (Å²) in [5, 5.41) is 7.16. The van der Waals surface area contributed by atoms with E-state index in [-0.39, 0.29) is 5.91 Å². The van der Waals surface area contributed by atoms with E-state index in [4.69, 9.17) is 0 Å². The molecule has 0 bridgehead atoms. The van der Waals surface area contributed by atoms with E-state index < -0.39 is 0 Å². The third-order valence-corrected chi connectivity index (χ3v) is 6.13. The first-order valence-electron chi connectivity index (χ1n) is 8.15. The van der Waals surface area contributed by atoms with Gasteiger partial charge in [0.1, 0.15) is 5.01 Å². The molecule has 6 heteroatoms. The number of aromatic nitrogens is 1. The summed E-state index contributed by atoms with van der Waals surface area (Å²) < 4.78 is 1.20. The van der Waals surface area contributed by atoms with Crippen molar-refractivity contribution in [1.29, 1.82) is 0 Å². The zero-order valence-corrected chi connectivity index (χ0v) is 15.2. The minimum absolute atomic E-state index is 0.0667. The Balaban J connectivity index is 1.32. The number of thioether (sulfide) groups is 1. The lowest BCUT2D eigenvalue weighted by atomic mass is 10.1. The number of thiazole rings is 1. The van der Waals surface area contributed by atoms with Crippen molar-refractivity contribution in [3.63, 3.8) is 0 Å². The molecule has 0 saturated heterocycles. The largest absolute Gasteiger partial charge is 0.272 e. The third kappa shape index (κ3) is 3.75. The number of amides is 1. The first-order valence-corrected chi connectivity index (χ1v) is 10.1. The Morgan fingerprint density at radius 1 is 1.12 bits per heavy atom. The second-order valence-corrected chi connectivity index (χ2v) is 7.85. The first kappa shape index (κ1) is 16.3.